The Morgan fingerprint density at radius 1 is 1.26 bits per heavy atom. The van der Waals surface area contributed by atoms with E-state index in [0.717, 1.165) is 26.2 Å². The Balaban J connectivity index is 1.52. The summed E-state index contributed by atoms with van der Waals surface area (Å²) in [5.74, 6) is 0.170. The third-order valence-electron chi connectivity index (χ3n) is 5.64. The first-order chi connectivity index (χ1) is 11.1. The molecule has 1 saturated carbocycles. The number of amides is 1. The molecule has 23 heavy (non-hydrogen) atoms. The van der Waals surface area contributed by atoms with Crippen molar-refractivity contribution in [2.75, 3.05) is 39.8 Å². The zero-order chi connectivity index (χ0) is 16.3. The maximum Gasteiger partial charge on any atom is 0.234 e. The molecule has 126 valence electrons. The van der Waals surface area contributed by atoms with E-state index in [1.807, 2.05) is 0 Å². The number of nitrogens with zero attached hydrogens (tertiary/aromatic N) is 2. The van der Waals surface area contributed by atoms with E-state index in [9.17, 15) is 4.79 Å². The standard InChI is InChI=1S/C19H29N3O/c1-16-13-21(2)11-12-22(16)14-18(23)20-15-19(9-6-10-19)17-7-4-3-5-8-17/h3-5,7-8,16H,6,9-15H2,1-2H3,(H,20,23). The summed E-state index contributed by atoms with van der Waals surface area (Å²) in [7, 11) is 2.15. The lowest BCUT2D eigenvalue weighted by Gasteiger charge is -2.43. The van der Waals surface area contributed by atoms with Crippen LogP contribution in [0, 0.1) is 0 Å². The molecule has 1 unspecified atom stereocenters. The van der Waals surface area contributed by atoms with Crippen LogP contribution in [0.5, 0.6) is 0 Å². The van der Waals surface area contributed by atoms with Crippen molar-refractivity contribution in [3.05, 3.63) is 35.9 Å². The first-order valence-corrected chi connectivity index (χ1v) is 8.84. The van der Waals surface area contributed by atoms with Crippen LogP contribution in [0.25, 0.3) is 0 Å². The average Bonchev–Trinajstić information content (AvgIpc) is 2.50. The Hall–Kier alpha value is -1.39. The molecular weight excluding hydrogens is 286 g/mol. The third-order valence-corrected chi connectivity index (χ3v) is 5.64. The Morgan fingerprint density at radius 2 is 2.00 bits per heavy atom. The highest BCUT2D eigenvalue weighted by atomic mass is 16.2. The van der Waals surface area contributed by atoms with Gasteiger partial charge in [0.2, 0.25) is 5.91 Å². The second kappa shape index (κ2) is 7.02. The van der Waals surface area contributed by atoms with E-state index in [4.69, 9.17) is 0 Å². The first kappa shape index (κ1) is 16.5. The molecule has 0 radical (unpaired) electrons. The van der Waals surface area contributed by atoms with Gasteiger partial charge in [0.1, 0.15) is 0 Å². The smallest absolute Gasteiger partial charge is 0.234 e. The maximum atomic E-state index is 12.4. The summed E-state index contributed by atoms with van der Waals surface area (Å²) in [4.78, 5) is 17.0. The zero-order valence-corrected chi connectivity index (χ0v) is 14.4. The number of nitrogens with one attached hydrogen (secondary N) is 1. The van der Waals surface area contributed by atoms with Crippen molar-refractivity contribution in [2.45, 2.75) is 37.6 Å². The van der Waals surface area contributed by atoms with Crippen LogP contribution in [0.1, 0.15) is 31.7 Å². The second-order valence-electron chi connectivity index (χ2n) is 7.36. The van der Waals surface area contributed by atoms with Crippen LogP contribution in [0.4, 0.5) is 0 Å². The van der Waals surface area contributed by atoms with Crippen LogP contribution in [0.3, 0.4) is 0 Å². The highest BCUT2D eigenvalue weighted by molar-refractivity contribution is 5.78. The molecule has 1 aromatic carbocycles. The predicted octanol–water partition coefficient (Wildman–Crippen LogP) is 1.86. The largest absolute Gasteiger partial charge is 0.354 e. The topological polar surface area (TPSA) is 35.6 Å². The number of carbonyl (C=O) groups is 1. The first-order valence-electron chi connectivity index (χ1n) is 8.84. The molecule has 0 aromatic heterocycles. The lowest BCUT2D eigenvalue weighted by Crippen LogP contribution is -2.54. The maximum absolute atomic E-state index is 12.4. The molecule has 4 heteroatoms. The van der Waals surface area contributed by atoms with Crippen LogP contribution < -0.4 is 5.32 Å². The number of piperazine rings is 1. The van der Waals surface area contributed by atoms with E-state index in [-0.39, 0.29) is 11.3 Å². The van der Waals surface area contributed by atoms with E-state index >= 15 is 0 Å². The van der Waals surface area contributed by atoms with Gasteiger partial charge < -0.3 is 10.2 Å². The van der Waals surface area contributed by atoms with Crippen molar-refractivity contribution in [2.24, 2.45) is 0 Å². The fourth-order valence-corrected chi connectivity index (χ4v) is 3.88. The van der Waals surface area contributed by atoms with Gasteiger partial charge in [-0.05, 0) is 32.4 Å². The quantitative estimate of drug-likeness (QED) is 0.901. The van der Waals surface area contributed by atoms with Crippen LogP contribution in [0.15, 0.2) is 30.3 Å². The molecule has 1 aliphatic carbocycles. The van der Waals surface area contributed by atoms with Gasteiger partial charge in [0.15, 0.2) is 0 Å². The van der Waals surface area contributed by atoms with Crippen LogP contribution in [0.2, 0.25) is 0 Å². The number of carbonyl (C=O) groups excluding carboxylic acids is 1. The molecule has 1 aliphatic heterocycles. The van der Waals surface area contributed by atoms with E-state index in [1.54, 1.807) is 0 Å². The summed E-state index contributed by atoms with van der Waals surface area (Å²) in [6.07, 6.45) is 3.63. The molecule has 1 aromatic rings. The minimum atomic E-state index is 0.170. The average molecular weight is 315 g/mol. The number of hydrogen-bond acceptors (Lipinski definition) is 3. The SMILES string of the molecule is CC1CN(C)CCN1CC(=O)NCC1(c2ccccc2)CCC1. The molecule has 0 spiro atoms. The Kier molecular flexibility index (Phi) is 5.02. The van der Waals surface area contributed by atoms with Crippen molar-refractivity contribution in [1.29, 1.82) is 0 Å². The third kappa shape index (κ3) is 3.75. The summed E-state index contributed by atoms with van der Waals surface area (Å²) < 4.78 is 0. The molecule has 2 aliphatic rings. The normalized spacial score (nSPS) is 24.9. The Labute approximate surface area is 139 Å². The number of likely N-dealkylation sites (N-methyl/N-ethyl adjacent to an activating group) is 1. The van der Waals surface area contributed by atoms with Crippen molar-refractivity contribution in [3.8, 4) is 0 Å². The van der Waals surface area contributed by atoms with Crippen molar-refractivity contribution >= 4 is 5.91 Å². The number of rotatable bonds is 5. The fourth-order valence-electron chi connectivity index (χ4n) is 3.88. The van der Waals surface area contributed by atoms with Crippen molar-refractivity contribution in [3.63, 3.8) is 0 Å². The van der Waals surface area contributed by atoms with Gasteiger partial charge in [-0.15, -0.1) is 0 Å². The van der Waals surface area contributed by atoms with Crippen molar-refractivity contribution in [1.82, 2.24) is 15.1 Å². The van der Waals surface area contributed by atoms with E-state index < -0.39 is 0 Å². The van der Waals surface area contributed by atoms with Gasteiger partial charge in [-0.2, -0.15) is 0 Å². The van der Waals surface area contributed by atoms with Crippen LogP contribution in [-0.4, -0.2) is 61.5 Å². The summed E-state index contributed by atoms with van der Waals surface area (Å²) in [5.41, 5.74) is 1.55. The lowest BCUT2D eigenvalue weighted by molar-refractivity contribution is -0.123. The van der Waals surface area contributed by atoms with E-state index in [1.165, 1.54) is 24.8 Å². The number of benzene rings is 1. The zero-order valence-electron chi connectivity index (χ0n) is 14.4. The molecule has 1 atom stereocenters. The fraction of sp³-hybridized carbons (Fsp3) is 0.632. The van der Waals surface area contributed by atoms with Gasteiger partial charge in [-0.1, -0.05) is 36.8 Å². The number of hydrogen-bond donors (Lipinski definition) is 1. The molecular formula is C19H29N3O. The lowest BCUT2D eigenvalue weighted by atomic mass is 9.64. The molecule has 2 fully saturated rings. The molecule has 4 nitrogen and oxygen atoms in total. The molecule has 1 amide bonds. The highest BCUT2D eigenvalue weighted by Crippen LogP contribution is 2.43. The Morgan fingerprint density at radius 3 is 2.61 bits per heavy atom. The molecule has 0 bridgehead atoms. The second-order valence-corrected chi connectivity index (χ2v) is 7.36. The molecule has 3 rings (SSSR count). The Bertz CT molecular complexity index is 527. The minimum Gasteiger partial charge on any atom is -0.354 e. The van der Waals surface area contributed by atoms with E-state index in [0.29, 0.717) is 12.6 Å². The highest BCUT2D eigenvalue weighted by Gasteiger charge is 2.38. The van der Waals surface area contributed by atoms with Gasteiger partial charge >= 0.3 is 0 Å². The van der Waals surface area contributed by atoms with Gasteiger partial charge in [0.25, 0.3) is 0 Å². The monoisotopic (exact) mass is 315 g/mol. The van der Waals surface area contributed by atoms with Gasteiger partial charge in [0.05, 0.1) is 6.54 Å². The van der Waals surface area contributed by atoms with E-state index in [2.05, 4.69) is 59.4 Å². The molecule has 1 saturated heterocycles. The van der Waals surface area contributed by atoms with Gasteiger partial charge in [0, 0.05) is 37.6 Å². The minimum absolute atomic E-state index is 0.170. The predicted molar refractivity (Wildman–Crippen MR) is 93.5 cm³/mol. The molecule has 1 N–H and O–H groups in total. The van der Waals surface area contributed by atoms with Gasteiger partial charge in [-0.3, -0.25) is 9.69 Å². The van der Waals surface area contributed by atoms with Crippen LogP contribution >= 0.6 is 0 Å². The summed E-state index contributed by atoms with van der Waals surface area (Å²) in [6.45, 7) is 6.58. The summed E-state index contributed by atoms with van der Waals surface area (Å²) in [6, 6.07) is 11.1. The van der Waals surface area contributed by atoms with Crippen molar-refractivity contribution < 1.29 is 4.79 Å². The summed E-state index contributed by atoms with van der Waals surface area (Å²) in [5, 5.41) is 3.21. The summed E-state index contributed by atoms with van der Waals surface area (Å²) >= 11 is 0. The molecule has 1 heterocycles. The van der Waals surface area contributed by atoms with Crippen LogP contribution in [-0.2, 0) is 10.2 Å². The van der Waals surface area contributed by atoms with Gasteiger partial charge in [-0.25, -0.2) is 0 Å².